The predicted octanol–water partition coefficient (Wildman–Crippen LogP) is 2.88. The van der Waals surface area contributed by atoms with E-state index in [9.17, 15) is 13.2 Å². The van der Waals surface area contributed by atoms with Crippen LogP contribution in [0.2, 0.25) is 5.02 Å². The number of carbonyl (C=O) groups excluding carboxylic acids is 1. The third-order valence-electron chi connectivity index (χ3n) is 4.78. The summed E-state index contributed by atoms with van der Waals surface area (Å²) in [6.45, 7) is 7.54. The fraction of sp³-hybridized carbons (Fsp3) is 0.350. The summed E-state index contributed by atoms with van der Waals surface area (Å²) in [5.41, 5.74) is 2.04. The van der Waals surface area contributed by atoms with Crippen LogP contribution in [0.4, 0.5) is 5.69 Å². The van der Waals surface area contributed by atoms with Gasteiger partial charge in [-0.1, -0.05) is 36.4 Å². The molecule has 0 aliphatic heterocycles. The Labute approximate surface area is 185 Å². The first-order valence-electron chi connectivity index (χ1n) is 9.77. The number of carbonyl (C=O) groups is 1. The molecule has 0 saturated heterocycles. The molecule has 3 rings (SSSR count). The molecule has 3 aromatic rings. The van der Waals surface area contributed by atoms with E-state index in [2.05, 4.69) is 15.6 Å². The van der Waals surface area contributed by atoms with Crippen LogP contribution < -0.4 is 10.2 Å². The van der Waals surface area contributed by atoms with Gasteiger partial charge in [-0.3, -0.25) is 4.79 Å². The average Bonchev–Trinajstić information content (AvgIpc) is 3.11. The number of amides is 1. The molecule has 11 heteroatoms. The molecule has 1 unspecified atom stereocenters. The first-order chi connectivity index (χ1) is 14.7. The van der Waals surface area contributed by atoms with Crippen molar-refractivity contribution in [2.24, 2.45) is 0 Å². The molecule has 0 radical (unpaired) electrons. The largest absolute Gasteiger partial charge is 0.382 e. The number of fused-ring (bicyclic) bond motifs is 1. The van der Waals surface area contributed by atoms with Gasteiger partial charge >= 0.3 is 0 Å². The lowest BCUT2D eigenvalue weighted by Crippen LogP contribution is -2.35. The zero-order valence-electron chi connectivity index (χ0n) is 17.7. The quantitative estimate of drug-likeness (QED) is 0.548. The summed E-state index contributed by atoms with van der Waals surface area (Å²) in [5, 5.41) is 11.0. The first-order valence-corrected chi connectivity index (χ1v) is 11.6. The molecule has 0 saturated carbocycles. The van der Waals surface area contributed by atoms with Crippen LogP contribution in [0.5, 0.6) is 0 Å². The Bertz CT molecular complexity index is 1210. The Balaban J connectivity index is 1.79. The molecule has 0 aliphatic rings. The van der Waals surface area contributed by atoms with Gasteiger partial charge < -0.3 is 10.2 Å². The molecule has 0 spiro atoms. The number of nitrogens with zero attached hydrogens (tertiary/aromatic N) is 4. The van der Waals surface area contributed by atoms with E-state index in [1.165, 1.54) is 10.4 Å². The number of aryl methyl sites for hydroxylation is 1. The molecule has 1 N–H and O–H groups in total. The zero-order chi connectivity index (χ0) is 22.8. The van der Waals surface area contributed by atoms with E-state index in [4.69, 9.17) is 16.4 Å². The number of sulfonamides is 1. The van der Waals surface area contributed by atoms with E-state index in [0.29, 0.717) is 40.4 Å². The molecule has 1 aromatic heterocycles. The van der Waals surface area contributed by atoms with Crippen LogP contribution in [-0.2, 0) is 14.8 Å². The van der Waals surface area contributed by atoms with Crippen LogP contribution in [0.25, 0.3) is 11.0 Å². The van der Waals surface area contributed by atoms with Crippen molar-refractivity contribution < 1.29 is 18.0 Å². The lowest BCUT2D eigenvalue weighted by atomic mass is 10.2. The number of halogens is 1. The average molecular weight is 466 g/mol. The second-order valence-electron chi connectivity index (χ2n) is 6.90. The topological polar surface area (TPSA) is 106 Å². The molecule has 2 aromatic carbocycles. The van der Waals surface area contributed by atoms with E-state index in [1.807, 2.05) is 0 Å². The zero-order valence-corrected chi connectivity index (χ0v) is 19.2. The summed E-state index contributed by atoms with van der Waals surface area (Å²) in [6.07, 6.45) is -0.937. The van der Waals surface area contributed by atoms with Crippen LogP contribution in [-0.4, -0.2) is 53.0 Å². The molecule has 1 atom stereocenters. The standard InChI is InChI=1S/C20H24ClN5O4S/c1-5-25(6-2)31(28,29)19-12-16(9-7-13(19)3)22-20(27)14(4)30-26-18-11-15(21)8-10-17(18)23-24-26/h7-12,14H,5-6H2,1-4H3,(H,22,27). The maximum absolute atomic E-state index is 12.9. The third kappa shape index (κ3) is 4.81. The predicted molar refractivity (Wildman–Crippen MR) is 118 cm³/mol. The maximum Gasteiger partial charge on any atom is 0.267 e. The van der Waals surface area contributed by atoms with Crippen LogP contribution >= 0.6 is 11.6 Å². The van der Waals surface area contributed by atoms with Gasteiger partial charge in [-0.15, -0.1) is 5.10 Å². The van der Waals surface area contributed by atoms with Crippen LogP contribution in [0.3, 0.4) is 0 Å². The van der Waals surface area contributed by atoms with E-state index >= 15 is 0 Å². The second-order valence-corrected chi connectivity index (χ2v) is 9.24. The Morgan fingerprint density at radius 2 is 1.94 bits per heavy atom. The smallest absolute Gasteiger partial charge is 0.267 e. The lowest BCUT2D eigenvalue weighted by Gasteiger charge is -2.20. The van der Waals surface area contributed by atoms with Crippen molar-refractivity contribution in [1.29, 1.82) is 0 Å². The Morgan fingerprint density at radius 3 is 2.61 bits per heavy atom. The number of hydrogen-bond acceptors (Lipinski definition) is 6. The van der Waals surface area contributed by atoms with Gasteiger partial charge in [0.1, 0.15) is 11.0 Å². The summed E-state index contributed by atoms with van der Waals surface area (Å²) in [4.78, 5) is 19.5. The molecular weight excluding hydrogens is 442 g/mol. The van der Waals surface area contributed by atoms with Gasteiger partial charge in [0.05, 0.1) is 4.90 Å². The molecule has 166 valence electrons. The number of rotatable bonds is 8. The molecule has 9 nitrogen and oxygen atoms in total. The normalized spacial score (nSPS) is 12.8. The summed E-state index contributed by atoms with van der Waals surface area (Å²) >= 11 is 6.01. The Hall–Kier alpha value is -2.69. The van der Waals surface area contributed by atoms with Crippen molar-refractivity contribution in [3.8, 4) is 0 Å². The van der Waals surface area contributed by atoms with Gasteiger partial charge in [-0.2, -0.15) is 4.31 Å². The number of nitrogens with one attached hydrogen (secondary N) is 1. The monoisotopic (exact) mass is 465 g/mol. The first kappa shape index (κ1) is 23.0. The van der Waals surface area contributed by atoms with Gasteiger partial charge in [0.25, 0.3) is 5.91 Å². The van der Waals surface area contributed by atoms with E-state index in [-0.39, 0.29) is 4.90 Å². The maximum atomic E-state index is 12.9. The fourth-order valence-electron chi connectivity index (χ4n) is 3.05. The second kappa shape index (κ2) is 9.21. The number of hydrogen-bond donors (Lipinski definition) is 1. The highest BCUT2D eigenvalue weighted by Crippen LogP contribution is 2.24. The van der Waals surface area contributed by atoms with Crippen molar-refractivity contribution in [2.75, 3.05) is 18.4 Å². The van der Waals surface area contributed by atoms with Crippen molar-refractivity contribution in [2.45, 2.75) is 38.7 Å². The Kier molecular flexibility index (Phi) is 6.83. The van der Waals surface area contributed by atoms with Gasteiger partial charge in [-0.25, -0.2) is 8.42 Å². The van der Waals surface area contributed by atoms with E-state index in [1.54, 1.807) is 58.0 Å². The minimum absolute atomic E-state index is 0.152. The van der Waals surface area contributed by atoms with Crippen LogP contribution in [0, 0.1) is 6.92 Å². The number of anilines is 1. The SMILES string of the molecule is CCN(CC)S(=O)(=O)c1cc(NC(=O)C(C)On2nnc3ccc(Cl)cc32)ccc1C. The highest BCUT2D eigenvalue weighted by molar-refractivity contribution is 7.89. The number of benzene rings is 2. The van der Waals surface area contributed by atoms with Crippen molar-refractivity contribution in [1.82, 2.24) is 19.5 Å². The van der Waals surface area contributed by atoms with Crippen molar-refractivity contribution in [3.05, 3.63) is 47.0 Å². The molecule has 1 heterocycles. The third-order valence-corrected chi connectivity index (χ3v) is 7.21. The van der Waals surface area contributed by atoms with E-state index in [0.717, 1.165) is 4.85 Å². The summed E-state index contributed by atoms with van der Waals surface area (Å²) in [5.74, 6) is -0.472. The summed E-state index contributed by atoms with van der Waals surface area (Å²) in [6, 6.07) is 9.76. The van der Waals surface area contributed by atoms with Gasteiger partial charge in [-0.05, 0) is 55.0 Å². The van der Waals surface area contributed by atoms with Crippen molar-refractivity contribution >= 4 is 44.3 Å². The molecule has 0 bridgehead atoms. The van der Waals surface area contributed by atoms with Gasteiger partial charge in [0.15, 0.2) is 0 Å². The molecule has 0 aliphatic carbocycles. The van der Waals surface area contributed by atoms with Crippen LogP contribution in [0.1, 0.15) is 26.3 Å². The van der Waals surface area contributed by atoms with Gasteiger partial charge in [0, 0.05) is 23.8 Å². The lowest BCUT2D eigenvalue weighted by molar-refractivity contribution is -0.127. The molecule has 1 amide bonds. The Morgan fingerprint density at radius 1 is 1.23 bits per heavy atom. The molecule has 31 heavy (non-hydrogen) atoms. The minimum atomic E-state index is -3.66. The summed E-state index contributed by atoms with van der Waals surface area (Å²) in [7, 11) is -3.66. The minimum Gasteiger partial charge on any atom is -0.382 e. The fourth-order valence-corrected chi connectivity index (χ4v) is 4.92. The number of aromatic nitrogens is 3. The van der Waals surface area contributed by atoms with Gasteiger partial charge in [0.2, 0.25) is 16.1 Å². The summed E-state index contributed by atoms with van der Waals surface area (Å²) < 4.78 is 27.2. The van der Waals surface area contributed by atoms with Crippen LogP contribution in [0.15, 0.2) is 41.3 Å². The highest BCUT2D eigenvalue weighted by Gasteiger charge is 2.25. The highest BCUT2D eigenvalue weighted by atomic mass is 35.5. The molecular formula is C20H24ClN5O4S. The van der Waals surface area contributed by atoms with E-state index < -0.39 is 22.0 Å². The molecule has 0 fully saturated rings. The van der Waals surface area contributed by atoms with Crippen molar-refractivity contribution in [3.63, 3.8) is 0 Å².